The van der Waals surface area contributed by atoms with Crippen molar-refractivity contribution in [1.82, 2.24) is 0 Å². The molecule has 0 unspecified atom stereocenters. The van der Waals surface area contributed by atoms with Gasteiger partial charge in [-0.15, -0.1) is 0 Å². The number of hydrogen-bond acceptors (Lipinski definition) is 2. The van der Waals surface area contributed by atoms with E-state index in [1.54, 1.807) is 0 Å². The molecule has 1 aliphatic carbocycles. The molecule has 31 heavy (non-hydrogen) atoms. The van der Waals surface area contributed by atoms with Gasteiger partial charge in [-0.05, 0) is 66.2 Å². The summed E-state index contributed by atoms with van der Waals surface area (Å²) in [5.41, 5.74) is 5.33. The van der Waals surface area contributed by atoms with Crippen molar-refractivity contribution in [2.24, 2.45) is 5.92 Å². The van der Waals surface area contributed by atoms with Crippen molar-refractivity contribution in [3.8, 4) is 11.1 Å². The van der Waals surface area contributed by atoms with Crippen LogP contribution in [0.25, 0.3) is 11.1 Å². The Balaban J connectivity index is 1.31. The topological polar surface area (TPSA) is 18.5 Å². The predicted octanol–water partition coefficient (Wildman–Crippen LogP) is 8.07. The summed E-state index contributed by atoms with van der Waals surface area (Å²) in [6.07, 6.45) is 12.3. The standard InChI is InChI=1S/C29H40O2/c1-3-5-7-22-8-10-23(11-9-22)24-12-14-25(15-13-24)26-16-18-27(19-17-26)29-21-30-28(6-4-2)20-31-29/h12-19,22-23,28-29H,3-11,20-21H2,1-2H3/t22-,23-,28-,29-/m1/s1. The van der Waals surface area contributed by atoms with Crippen molar-refractivity contribution in [2.75, 3.05) is 13.2 Å². The van der Waals surface area contributed by atoms with E-state index in [-0.39, 0.29) is 12.2 Å². The Kier molecular flexibility index (Phi) is 8.21. The van der Waals surface area contributed by atoms with Gasteiger partial charge in [0.1, 0.15) is 6.10 Å². The largest absolute Gasteiger partial charge is 0.373 e. The highest BCUT2D eigenvalue weighted by Crippen LogP contribution is 2.38. The minimum Gasteiger partial charge on any atom is -0.373 e. The molecule has 1 saturated heterocycles. The van der Waals surface area contributed by atoms with Crippen molar-refractivity contribution in [1.29, 1.82) is 0 Å². The maximum Gasteiger partial charge on any atom is 0.106 e. The van der Waals surface area contributed by atoms with Crippen LogP contribution in [0.4, 0.5) is 0 Å². The maximum absolute atomic E-state index is 6.06. The fourth-order valence-corrected chi connectivity index (χ4v) is 5.34. The van der Waals surface area contributed by atoms with Gasteiger partial charge >= 0.3 is 0 Å². The third kappa shape index (κ3) is 5.99. The van der Waals surface area contributed by atoms with Gasteiger partial charge in [0.25, 0.3) is 0 Å². The zero-order chi connectivity index (χ0) is 21.5. The Hall–Kier alpha value is -1.64. The van der Waals surface area contributed by atoms with E-state index in [1.807, 2.05) is 0 Å². The van der Waals surface area contributed by atoms with Crippen LogP contribution in [0.1, 0.15) is 94.8 Å². The van der Waals surface area contributed by atoms with Crippen LogP contribution in [0.2, 0.25) is 0 Å². The Labute approximate surface area is 189 Å². The van der Waals surface area contributed by atoms with E-state index in [0.29, 0.717) is 13.2 Å². The fourth-order valence-electron chi connectivity index (χ4n) is 5.34. The molecule has 2 atom stereocenters. The smallest absolute Gasteiger partial charge is 0.106 e. The van der Waals surface area contributed by atoms with Crippen LogP contribution in [-0.4, -0.2) is 19.3 Å². The summed E-state index contributed by atoms with van der Waals surface area (Å²) in [4.78, 5) is 0. The molecule has 0 radical (unpaired) electrons. The second-order valence-electron chi connectivity index (χ2n) is 9.67. The quantitative estimate of drug-likeness (QED) is 0.430. The first-order chi connectivity index (χ1) is 15.3. The Morgan fingerprint density at radius 3 is 1.87 bits per heavy atom. The molecular weight excluding hydrogens is 380 g/mol. The zero-order valence-corrected chi connectivity index (χ0v) is 19.5. The maximum atomic E-state index is 6.06. The Bertz CT molecular complexity index is 763. The molecular formula is C29H40O2. The number of rotatable bonds is 8. The molecule has 0 N–H and O–H groups in total. The van der Waals surface area contributed by atoms with Gasteiger partial charge in [-0.25, -0.2) is 0 Å². The third-order valence-corrected chi connectivity index (χ3v) is 7.39. The molecule has 2 heteroatoms. The second-order valence-corrected chi connectivity index (χ2v) is 9.67. The van der Waals surface area contributed by atoms with Crippen LogP contribution in [0, 0.1) is 5.92 Å². The van der Waals surface area contributed by atoms with E-state index >= 15 is 0 Å². The number of ether oxygens (including phenoxy) is 2. The van der Waals surface area contributed by atoms with E-state index in [0.717, 1.165) is 24.7 Å². The van der Waals surface area contributed by atoms with Crippen LogP contribution >= 0.6 is 0 Å². The molecule has 2 aliphatic rings. The van der Waals surface area contributed by atoms with Crippen LogP contribution in [0.5, 0.6) is 0 Å². The molecule has 2 nitrogen and oxygen atoms in total. The van der Waals surface area contributed by atoms with Gasteiger partial charge in [0.2, 0.25) is 0 Å². The van der Waals surface area contributed by atoms with Gasteiger partial charge in [0.15, 0.2) is 0 Å². The van der Waals surface area contributed by atoms with E-state index < -0.39 is 0 Å². The number of unbranched alkanes of at least 4 members (excludes halogenated alkanes) is 1. The average Bonchev–Trinajstić information content (AvgIpc) is 2.84. The van der Waals surface area contributed by atoms with Gasteiger partial charge in [0.05, 0.1) is 19.3 Å². The third-order valence-electron chi connectivity index (χ3n) is 7.39. The molecule has 4 rings (SSSR count). The molecule has 2 aromatic rings. The predicted molar refractivity (Wildman–Crippen MR) is 129 cm³/mol. The average molecular weight is 421 g/mol. The van der Waals surface area contributed by atoms with Crippen LogP contribution in [0.3, 0.4) is 0 Å². The van der Waals surface area contributed by atoms with Crippen molar-refractivity contribution < 1.29 is 9.47 Å². The minimum atomic E-state index is 0.0667. The van der Waals surface area contributed by atoms with Crippen molar-refractivity contribution >= 4 is 0 Å². The first-order valence-electron chi connectivity index (χ1n) is 12.7. The highest BCUT2D eigenvalue weighted by atomic mass is 16.6. The lowest BCUT2D eigenvalue weighted by atomic mass is 9.77. The molecule has 2 aromatic carbocycles. The Morgan fingerprint density at radius 2 is 1.32 bits per heavy atom. The molecule has 0 bridgehead atoms. The lowest BCUT2D eigenvalue weighted by Crippen LogP contribution is -2.30. The van der Waals surface area contributed by atoms with Crippen molar-refractivity contribution in [2.45, 2.75) is 89.8 Å². The molecule has 2 fully saturated rings. The monoisotopic (exact) mass is 420 g/mol. The lowest BCUT2D eigenvalue weighted by molar-refractivity contribution is -0.137. The van der Waals surface area contributed by atoms with Gasteiger partial charge < -0.3 is 9.47 Å². The van der Waals surface area contributed by atoms with Gasteiger partial charge in [-0.2, -0.15) is 0 Å². The van der Waals surface area contributed by atoms with Crippen LogP contribution in [0.15, 0.2) is 48.5 Å². The molecule has 0 aromatic heterocycles. The van der Waals surface area contributed by atoms with Crippen molar-refractivity contribution in [3.05, 3.63) is 59.7 Å². The minimum absolute atomic E-state index is 0.0667. The van der Waals surface area contributed by atoms with E-state index in [4.69, 9.17) is 9.47 Å². The van der Waals surface area contributed by atoms with Crippen LogP contribution < -0.4 is 0 Å². The summed E-state index contributed by atoms with van der Waals surface area (Å²) in [5.74, 6) is 1.74. The number of benzene rings is 2. The van der Waals surface area contributed by atoms with Gasteiger partial charge in [0, 0.05) is 0 Å². The van der Waals surface area contributed by atoms with Gasteiger partial charge in [-0.3, -0.25) is 0 Å². The second kappa shape index (κ2) is 11.3. The highest BCUT2D eigenvalue weighted by molar-refractivity contribution is 5.64. The fraction of sp³-hybridized carbons (Fsp3) is 0.586. The molecule has 1 aliphatic heterocycles. The van der Waals surface area contributed by atoms with Crippen LogP contribution in [-0.2, 0) is 9.47 Å². The summed E-state index contributed by atoms with van der Waals surface area (Å²) < 4.78 is 12.0. The van der Waals surface area contributed by atoms with Gasteiger partial charge in [-0.1, -0.05) is 88.1 Å². The van der Waals surface area contributed by atoms with E-state index in [2.05, 4.69) is 62.4 Å². The summed E-state index contributed by atoms with van der Waals surface area (Å²) in [6.45, 7) is 5.88. The highest BCUT2D eigenvalue weighted by Gasteiger charge is 2.23. The van der Waals surface area contributed by atoms with Crippen molar-refractivity contribution in [3.63, 3.8) is 0 Å². The molecule has 1 saturated carbocycles. The molecule has 1 heterocycles. The summed E-state index contributed by atoms with van der Waals surface area (Å²) >= 11 is 0. The molecule has 0 spiro atoms. The number of hydrogen-bond donors (Lipinski definition) is 0. The lowest BCUT2D eigenvalue weighted by Gasteiger charge is -2.29. The van der Waals surface area contributed by atoms with E-state index in [9.17, 15) is 0 Å². The zero-order valence-electron chi connectivity index (χ0n) is 19.5. The normalized spacial score (nSPS) is 26.6. The summed E-state index contributed by atoms with van der Waals surface area (Å²) in [7, 11) is 0. The Morgan fingerprint density at radius 1 is 0.677 bits per heavy atom. The first-order valence-corrected chi connectivity index (χ1v) is 12.7. The van der Waals surface area contributed by atoms with E-state index in [1.165, 1.54) is 67.2 Å². The first kappa shape index (κ1) is 22.6. The SMILES string of the molecule is CCCC[C@H]1CC[C@H](c2ccc(-c3ccc([C@H]4CO[C@H](CCC)CO4)cc3)cc2)CC1. The molecule has 168 valence electrons. The summed E-state index contributed by atoms with van der Waals surface area (Å²) in [6, 6.07) is 18.2. The molecule has 0 amide bonds. The summed E-state index contributed by atoms with van der Waals surface area (Å²) in [5, 5.41) is 0.